The minimum Gasteiger partial charge on any atom is -0.342 e. The zero-order valence-electron chi connectivity index (χ0n) is 9.28. The molecule has 96 valence electrons. The van der Waals surface area contributed by atoms with Crippen molar-refractivity contribution in [2.75, 3.05) is 11.5 Å². The molecule has 0 aliphatic carbocycles. The van der Waals surface area contributed by atoms with E-state index in [0.29, 0.717) is 12.2 Å². The molecule has 0 spiro atoms. The van der Waals surface area contributed by atoms with E-state index in [-0.39, 0.29) is 28.5 Å². The number of halogens is 2. The van der Waals surface area contributed by atoms with E-state index in [0.717, 1.165) is 12.1 Å². The van der Waals surface area contributed by atoms with E-state index in [4.69, 9.17) is 0 Å². The fraction of sp³-hybridized carbons (Fsp3) is 0.364. The number of fused-ring (bicyclic) bond motifs is 1. The third-order valence-corrected chi connectivity index (χ3v) is 4.91. The number of imidazole rings is 1. The predicted molar refractivity (Wildman–Crippen MR) is 62.0 cm³/mol. The average molecular weight is 272 g/mol. The molecule has 0 amide bonds. The topological polar surface area (TPSA) is 62.8 Å². The minimum atomic E-state index is -3.03. The summed E-state index contributed by atoms with van der Waals surface area (Å²) in [7, 11) is -3.03. The molecule has 2 heterocycles. The standard InChI is InChI=1S/C11H10F2N2O2S/c12-7-3-8(13)10-9(4-7)14-11(15-10)6-1-2-18(16,17)5-6/h3-4,6H,1-2,5H2,(H,14,15). The van der Waals surface area contributed by atoms with Gasteiger partial charge < -0.3 is 4.98 Å². The van der Waals surface area contributed by atoms with Crippen molar-refractivity contribution in [2.45, 2.75) is 12.3 Å². The van der Waals surface area contributed by atoms with Gasteiger partial charge in [-0.15, -0.1) is 0 Å². The van der Waals surface area contributed by atoms with Crippen molar-refractivity contribution in [3.63, 3.8) is 0 Å². The highest BCUT2D eigenvalue weighted by atomic mass is 32.2. The maximum absolute atomic E-state index is 13.5. The summed E-state index contributed by atoms with van der Waals surface area (Å²) in [6.07, 6.45) is 0.465. The number of rotatable bonds is 1. The van der Waals surface area contributed by atoms with Crippen molar-refractivity contribution in [1.82, 2.24) is 9.97 Å². The van der Waals surface area contributed by atoms with Crippen molar-refractivity contribution in [2.24, 2.45) is 0 Å². The van der Waals surface area contributed by atoms with Crippen LogP contribution >= 0.6 is 0 Å². The van der Waals surface area contributed by atoms with Gasteiger partial charge in [0.05, 0.1) is 17.0 Å². The van der Waals surface area contributed by atoms with Crippen LogP contribution in [0.15, 0.2) is 12.1 Å². The Bertz CT molecular complexity index is 724. The van der Waals surface area contributed by atoms with Gasteiger partial charge in [0, 0.05) is 12.0 Å². The first-order valence-corrected chi connectivity index (χ1v) is 7.32. The summed E-state index contributed by atoms with van der Waals surface area (Å²) < 4.78 is 49.2. The van der Waals surface area contributed by atoms with Crippen LogP contribution in [0.5, 0.6) is 0 Å². The van der Waals surface area contributed by atoms with Crippen molar-refractivity contribution in [3.8, 4) is 0 Å². The Morgan fingerprint density at radius 3 is 2.78 bits per heavy atom. The second-order valence-electron chi connectivity index (χ2n) is 4.51. The monoisotopic (exact) mass is 272 g/mol. The maximum Gasteiger partial charge on any atom is 0.153 e. The van der Waals surface area contributed by atoms with Gasteiger partial charge in [-0.3, -0.25) is 0 Å². The van der Waals surface area contributed by atoms with Crippen LogP contribution in [0.1, 0.15) is 18.2 Å². The molecule has 0 bridgehead atoms. The Kier molecular flexibility index (Phi) is 2.41. The Morgan fingerprint density at radius 1 is 1.33 bits per heavy atom. The number of sulfone groups is 1. The SMILES string of the molecule is O=S1(=O)CCC(c2nc3c(F)cc(F)cc3[nH]2)C1. The summed E-state index contributed by atoms with van der Waals surface area (Å²) in [6.45, 7) is 0. The van der Waals surface area contributed by atoms with E-state index in [1.165, 1.54) is 0 Å². The summed E-state index contributed by atoms with van der Waals surface area (Å²) >= 11 is 0. The van der Waals surface area contributed by atoms with E-state index < -0.39 is 21.5 Å². The van der Waals surface area contributed by atoms with Crippen molar-refractivity contribution >= 4 is 20.9 Å². The molecule has 1 aliphatic heterocycles. The van der Waals surface area contributed by atoms with E-state index in [9.17, 15) is 17.2 Å². The van der Waals surface area contributed by atoms with Gasteiger partial charge in [0.1, 0.15) is 17.2 Å². The predicted octanol–water partition coefficient (Wildman–Crippen LogP) is 1.74. The number of hydrogen-bond acceptors (Lipinski definition) is 3. The van der Waals surface area contributed by atoms with Gasteiger partial charge in [0.25, 0.3) is 0 Å². The maximum atomic E-state index is 13.5. The molecule has 1 aromatic carbocycles. The molecule has 2 aromatic rings. The molecule has 4 nitrogen and oxygen atoms in total. The molecule has 1 aliphatic rings. The average Bonchev–Trinajstić information content (AvgIpc) is 2.81. The molecular weight excluding hydrogens is 262 g/mol. The Balaban J connectivity index is 2.07. The van der Waals surface area contributed by atoms with Crippen LogP contribution in [0.25, 0.3) is 11.0 Å². The zero-order valence-corrected chi connectivity index (χ0v) is 10.1. The Hall–Kier alpha value is -1.50. The fourth-order valence-electron chi connectivity index (χ4n) is 2.27. The van der Waals surface area contributed by atoms with Crippen LogP contribution in [-0.4, -0.2) is 29.9 Å². The van der Waals surface area contributed by atoms with Crippen LogP contribution in [-0.2, 0) is 9.84 Å². The molecule has 7 heteroatoms. The number of nitrogens with zero attached hydrogens (tertiary/aromatic N) is 1. The third-order valence-electron chi connectivity index (χ3n) is 3.14. The van der Waals surface area contributed by atoms with Crippen molar-refractivity contribution in [1.29, 1.82) is 0 Å². The van der Waals surface area contributed by atoms with Gasteiger partial charge in [-0.1, -0.05) is 0 Å². The van der Waals surface area contributed by atoms with Crippen LogP contribution < -0.4 is 0 Å². The highest BCUT2D eigenvalue weighted by Gasteiger charge is 2.31. The molecule has 1 N–H and O–H groups in total. The summed E-state index contributed by atoms with van der Waals surface area (Å²) in [4.78, 5) is 6.84. The quantitative estimate of drug-likeness (QED) is 0.860. The number of benzene rings is 1. The van der Waals surface area contributed by atoms with E-state index in [1.807, 2.05) is 0 Å². The van der Waals surface area contributed by atoms with Gasteiger partial charge in [-0.2, -0.15) is 0 Å². The van der Waals surface area contributed by atoms with E-state index >= 15 is 0 Å². The molecule has 0 saturated carbocycles. The van der Waals surface area contributed by atoms with Crippen LogP contribution in [0.2, 0.25) is 0 Å². The second kappa shape index (κ2) is 3.74. The van der Waals surface area contributed by atoms with E-state index in [1.54, 1.807) is 0 Å². The molecule has 1 saturated heterocycles. The van der Waals surface area contributed by atoms with Gasteiger partial charge in [0.15, 0.2) is 15.7 Å². The zero-order chi connectivity index (χ0) is 12.9. The van der Waals surface area contributed by atoms with Crippen LogP contribution in [0.4, 0.5) is 8.78 Å². The lowest BCUT2D eigenvalue weighted by atomic mass is 10.1. The number of nitrogens with one attached hydrogen (secondary N) is 1. The summed E-state index contributed by atoms with van der Waals surface area (Å²) in [5.41, 5.74) is 0.308. The molecule has 3 rings (SSSR count). The first-order chi connectivity index (χ1) is 8.44. The molecule has 1 aromatic heterocycles. The molecule has 1 atom stereocenters. The molecule has 1 unspecified atom stereocenters. The summed E-state index contributed by atoms with van der Waals surface area (Å²) in [5, 5.41) is 0. The van der Waals surface area contributed by atoms with Crippen molar-refractivity contribution in [3.05, 3.63) is 29.6 Å². The lowest BCUT2D eigenvalue weighted by molar-refractivity contribution is 0.590. The smallest absolute Gasteiger partial charge is 0.153 e. The first-order valence-electron chi connectivity index (χ1n) is 5.50. The summed E-state index contributed by atoms with van der Waals surface area (Å²) in [5.74, 6) is -1.15. The molecule has 0 radical (unpaired) electrons. The van der Waals surface area contributed by atoms with Gasteiger partial charge in [-0.25, -0.2) is 22.2 Å². The number of hydrogen-bond donors (Lipinski definition) is 1. The summed E-state index contributed by atoms with van der Waals surface area (Å²) in [6, 6.07) is 1.91. The second-order valence-corrected chi connectivity index (χ2v) is 6.73. The minimum absolute atomic E-state index is 0.0108. The lowest BCUT2D eigenvalue weighted by Gasteiger charge is -2.01. The third kappa shape index (κ3) is 1.88. The largest absolute Gasteiger partial charge is 0.342 e. The molecule has 18 heavy (non-hydrogen) atoms. The Morgan fingerprint density at radius 2 is 2.11 bits per heavy atom. The van der Waals surface area contributed by atoms with Gasteiger partial charge in [0.2, 0.25) is 0 Å². The lowest BCUT2D eigenvalue weighted by Crippen LogP contribution is -2.04. The van der Waals surface area contributed by atoms with Crippen molar-refractivity contribution < 1.29 is 17.2 Å². The normalized spacial score (nSPS) is 22.7. The van der Waals surface area contributed by atoms with Gasteiger partial charge in [-0.05, 0) is 12.5 Å². The Labute approximate surface area is 102 Å². The molecular formula is C11H10F2N2O2S. The number of H-pyrrole nitrogens is 1. The van der Waals surface area contributed by atoms with E-state index in [2.05, 4.69) is 9.97 Å². The highest BCUT2D eigenvalue weighted by molar-refractivity contribution is 7.91. The highest BCUT2D eigenvalue weighted by Crippen LogP contribution is 2.29. The first kappa shape index (κ1) is 11.6. The number of aromatic nitrogens is 2. The van der Waals surface area contributed by atoms with Crippen LogP contribution in [0.3, 0.4) is 0 Å². The number of aromatic amines is 1. The van der Waals surface area contributed by atoms with Crippen LogP contribution in [0, 0.1) is 11.6 Å². The van der Waals surface area contributed by atoms with Gasteiger partial charge >= 0.3 is 0 Å². The fourth-order valence-corrected chi connectivity index (χ4v) is 4.01. The molecule has 1 fully saturated rings.